The van der Waals surface area contributed by atoms with Crippen LogP contribution in [0.25, 0.3) is 0 Å². The first-order valence-electron chi connectivity index (χ1n) is 4.08. The number of aliphatic hydroxyl groups is 1. The Balaban J connectivity index is 2.65. The van der Waals surface area contributed by atoms with Gasteiger partial charge in [0, 0.05) is 0 Å². The molecule has 12 heavy (non-hydrogen) atoms. The van der Waals surface area contributed by atoms with Gasteiger partial charge in [-0.2, -0.15) is 0 Å². The summed E-state index contributed by atoms with van der Waals surface area (Å²) < 4.78 is 5.00. The van der Waals surface area contributed by atoms with Crippen molar-refractivity contribution in [3.63, 3.8) is 0 Å². The molecule has 0 aromatic heterocycles. The van der Waals surface area contributed by atoms with Crippen LogP contribution < -0.4 is 0 Å². The van der Waals surface area contributed by atoms with E-state index in [0.717, 1.165) is 6.42 Å². The highest BCUT2D eigenvalue weighted by Gasteiger charge is 2.45. The van der Waals surface area contributed by atoms with Gasteiger partial charge in [-0.25, -0.2) is 0 Å². The van der Waals surface area contributed by atoms with Gasteiger partial charge in [0.15, 0.2) is 5.78 Å². The number of aliphatic hydroxyl groups excluding tert-OH is 1. The van der Waals surface area contributed by atoms with E-state index in [0.29, 0.717) is 13.2 Å². The molecule has 0 radical (unpaired) electrons. The molecule has 0 aromatic rings. The maximum atomic E-state index is 11.1. The number of carbonyl (C=O) groups is 1. The Kier molecular flexibility index (Phi) is 2.65. The summed E-state index contributed by atoms with van der Waals surface area (Å²) >= 11 is 0. The van der Waals surface area contributed by atoms with Gasteiger partial charge in [0.25, 0.3) is 0 Å². The van der Waals surface area contributed by atoms with E-state index in [1.54, 1.807) is 0 Å². The molecule has 1 heterocycles. The van der Waals surface area contributed by atoms with E-state index in [4.69, 9.17) is 4.74 Å². The molecule has 3 nitrogen and oxygen atoms in total. The largest absolute Gasteiger partial charge is 0.384 e. The molecule has 1 rings (SSSR count). The lowest BCUT2D eigenvalue weighted by Gasteiger charge is -2.43. The van der Waals surface area contributed by atoms with E-state index in [-0.39, 0.29) is 11.2 Å². The quantitative estimate of drug-likeness (QED) is 0.626. The van der Waals surface area contributed by atoms with Crippen LogP contribution in [-0.2, 0) is 9.53 Å². The third kappa shape index (κ3) is 1.30. The summed E-state index contributed by atoms with van der Waals surface area (Å²) in [4.78, 5) is 11.1. The Morgan fingerprint density at radius 3 is 2.67 bits per heavy atom. The predicted molar refractivity (Wildman–Crippen MR) is 44.8 cm³/mol. The van der Waals surface area contributed by atoms with Crippen molar-refractivity contribution in [3.8, 4) is 0 Å². The lowest BCUT2D eigenvalue weighted by atomic mass is 9.76. The molecule has 1 fully saturated rings. The van der Waals surface area contributed by atoms with Crippen LogP contribution in [-0.4, -0.2) is 30.2 Å². The van der Waals surface area contributed by atoms with Gasteiger partial charge in [-0.15, -0.1) is 0 Å². The Morgan fingerprint density at radius 1 is 1.83 bits per heavy atom. The minimum absolute atomic E-state index is 0.305. The van der Waals surface area contributed by atoms with Crippen molar-refractivity contribution in [2.45, 2.75) is 19.4 Å². The van der Waals surface area contributed by atoms with Crippen LogP contribution in [0.1, 0.15) is 13.3 Å². The smallest absolute Gasteiger partial charge is 0.184 e. The van der Waals surface area contributed by atoms with Crippen LogP contribution in [0.3, 0.4) is 0 Å². The summed E-state index contributed by atoms with van der Waals surface area (Å²) in [5, 5.41) is 9.59. The highest BCUT2D eigenvalue weighted by molar-refractivity contribution is 5.93. The molecule has 1 aliphatic rings. The predicted octanol–water partition coefficient (Wildman–Crippen LogP) is 0.529. The molecule has 3 heteroatoms. The Bertz CT molecular complexity index is 188. The molecule has 1 N–H and O–H groups in total. The second-order valence-corrected chi connectivity index (χ2v) is 3.22. The van der Waals surface area contributed by atoms with Crippen LogP contribution in [0.5, 0.6) is 0 Å². The van der Waals surface area contributed by atoms with Gasteiger partial charge in [0.1, 0.15) is 6.10 Å². The fraction of sp³-hybridized carbons (Fsp3) is 0.667. The molecule has 1 atom stereocenters. The Morgan fingerprint density at radius 2 is 2.42 bits per heavy atom. The van der Waals surface area contributed by atoms with Gasteiger partial charge >= 0.3 is 0 Å². The van der Waals surface area contributed by atoms with Gasteiger partial charge < -0.3 is 9.84 Å². The van der Waals surface area contributed by atoms with Crippen LogP contribution in [0.2, 0.25) is 0 Å². The Labute approximate surface area is 72.0 Å². The van der Waals surface area contributed by atoms with Gasteiger partial charge in [-0.3, -0.25) is 4.79 Å². The average molecular weight is 170 g/mol. The van der Waals surface area contributed by atoms with Crippen molar-refractivity contribution >= 4 is 5.78 Å². The average Bonchev–Trinajstić information content (AvgIpc) is 2.02. The third-order valence-electron chi connectivity index (χ3n) is 2.53. The van der Waals surface area contributed by atoms with Crippen molar-refractivity contribution in [3.05, 3.63) is 12.7 Å². The molecule has 1 unspecified atom stereocenters. The zero-order chi connectivity index (χ0) is 9.19. The van der Waals surface area contributed by atoms with E-state index in [9.17, 15) is 9.90 Å². The second-order valence-electron chi connectivity index (χ2n) is 3.22. The molecule has 1 saturated heterocycles. The number of hydrogen-bond acceptors (Lipinski definition) is 3. The molecular weight excluding hydrogens is 156 g/mol. The molecular formula is C9H14O3. The molecule has 68 valence electrons. The highest BCUT2D eigenvalue weighted by atomic mass is 16.5. The first-order valence-corrected chi connectivity index (χ1v) is 4.08. The number of carbonyl (C=O) groups excluding carboxylic acids is 1. The maximum Gasteiger partial charge on any atom is 0.184 e. The number of hydrogen-bond donors (Lipinski definition) is 1. The van der Waals surface area contributed by atoms with E-state index < -0.39 is 6.10 Å². The minimum atomic E-state index is -0.936. The maximum absolute atomic E-state index is 11.1. The van der Waals surface area contributed by atoms with Gasteiger partial charge in [-0.05, 0) is 12.5 Å². The number of ether oxygens (including phenoxy) is 1. The van der Waals surface area contributed by atoms with Gasteiger partial charge in [0.2, 0.25) is 0 Å². The van der Waals surface area contributed by atoms with Crippen LogP contribution in [0.15, 0.2) is 12.7 Å². The van der Waals surface area contributed by atoms with Gasteiger partial charge in [-0.1, -0.05) is 13.5 Å². The van der Waals surface area contributed by atoms with Crippen molar-refractivity contribution in [2.24, 2.45) is 5.41 Å². The molecule has 0 aromatic carbocycles. The lowest BCUT2D eigenvalue weighted by Crippen LogP contribution is -2.53. The molecule has 0 aliphatic carbocycles. The van der Waals surface area contributed by atoms with Crippen molar-refractivity contribution < 1.29 is 14.6 Å². The summed E-state index contributed by atoms with van der Waals surface area (Å²) in [6.07, 6.45) is 0.988. The second kappa shape index (κ2) is 3.37. The summed E-state index contributed by atoms with van der Waals surface area (Å²) in [6.45, 7) is 6.24. The lowest BCUT2D eigenvalue weighted by molar-refractivity contribution is -0.178. The fourth-order valence-corrected chi connectivity index (χ4v) is 1.33. The van der Waals surface area contributed by atoms with Crippen LogP contribution in [0.4, 0.5) is 0 Å². The standard InChI is InChI=1S/C9H14O3/c1-3-7(10)8(11)9(4-2)5-12-6-9/h3,8,11H,1,4-6H2,2H3. The first-order chi connectivity index (χ1) is 5.66. The van der Waals surface area contributed by atoms with Gasteiger partial charge in [0.05, 0.1) is 18.6 Å². The third-order valence-corrected chi connectivity index (χ3v) is 2.53. The molecule has 0 spiro atoms. The first kappa shape index (κ1) is 9.42. The zero-order valence-corrected chi connectivity index (χ0v) is 7.25. The Hall–Kier alpha value is -0.670. The number of ketones is 1. The normalized spacial score (nSPS) is 22.5. The molecule has 0 bridgehead atoms. The van der Waals surface area contributed by atoms with Crippen molar-refractivity contribution in [1.29, 1.82) is 0 Å². The molecule has 0 saturated carbocycles. The fourth-order valence-electron chi connectivity index (χ4n) is 1.33. The summed E-state index contributed by atoms with van der Waals surface area (Å²) in [5.74, 6) is -0.305. The topological polar surface area (TPSA) is 46.5 Å². The molecule has 1 aliphatic heterocycles. The number of rotatable bonds is 4. The van der Waals surface area contributed by atoms with E-state index >= 15 is 0 Å². The SMILES string of the molecule is C=CC(=O)C(O)C1(CC)COC1. The minimum Gasteiger partial charge on any atom is -0.384 e. The van der Waals surface area contributed by atoms with Crippen LogP contribution in [0, 0.1) is 5.41 Å². The zero-order valence-electron chi connectivity index (χ0n) is 7.25. The van der Waals surface area contributed by atoms with Crippen molar-refractivity contribution in [2.75, 3.05) is 13.2 Å². The highest BCUT2D eigenvalue weighted by Crippen LogP contribution is 2.35. The monoisotopic (exact) mass is 170 g/mol. The summed E-state index contributed by atoms with van der Waals surface area (Å²) in [7, 11) is 0. The van der Waals surface area contributed by atoms with E-state index in [2.05, 4.69) is 6.58 Å². The van der Waals surface area contributed by atoms with E-state index in [1.165, 1.54) is 6.08 Å². The summed E-state index contributed by atoms with van der Waals surface area (Å²) in [6, 6.07) is 0. The molecule has 0 amide bonds. The summed E-state index contributed by atoms with van der Waals surface area (Å²) in [5.41, 5.74) is -0.342. The van der Waals surface area contributed by atoms with Crippen molar-refractivity contribution in [1.82, 2.24) is 0 Å². The van der Waals surface area contributed by atoms with E-state index in [1.807, 2.05) is 6.92 Å². The van der Waals surface area contributed by atoms with Crippen LogP contribution >= 0.6 is 0 Å².